The number of benzene rings is 2. The first-order valence-corrected chi connectivity index (χ1v) is 11.1. The molecule has 0 bridgehead atoms. The predicted octanol–water partition coefficient (Wildman–Crippen LogP) is 4.04. The fourth-order valence-electron chi connectivity index (χ4n) is 3.32. The molecule has 1 heterocycles. The van der Waals surface area contributed by atoms with Crippen LogP contribution >= 0.6 is 23.2 Å². The molecule has 2 aromatic rings. The maximum Gasteiger partial charge on any atom is 0.211 e. The Kier molecular flexibility index (Phi) is 6.15. The smallest absolute Gasteiger partial charge is 0.211 e. The molecule has 2 aromatic carbocycles. The third-order valence-electron chi connectivity index (χ3n) is 4.79. The molecular weight excluding hydrogens is 424 g/mol. The minimum atomic E-state index is -3.31. The largest absolute Gasteiger partial charge is 0.363 e. The molecule has 5 nitrogen and oxygen atoms in total. The zero-order valence-corrected chi connectivity index (χ0v) is 17.4. The molecule has 0 radical (unpaired) electrons. The van der Waals surface area contributed by atoms with Crippen LogP contribution in [0.1, 0.15) is 17.5 Å². The van der Waals surface area contributed by atoms with Crippen LogP contribution in [0.15, 0.2) is 36.4 Å². The Morgan fingerprint density at radius 3 is 2.61 bits per heavy atom. The lowest BCUT2D eigenvalue weighted by Gasteiger charge is -2.32. The molecule has 0 aromatic heterocycles. The van der Waals surface area contributed by atoms with Crippen LogP contribution in [0.2, 0.25) is 10.0 Å². The highest BCUT2D eigenvalue weighted by Gasteiger charge is 2.33. The normalized spacial score (nSPS) is 17.5. The molecule has 3 rings (SSSR count). The highest BCUT2D eigenvalue weighted by atomic mass is 35.5. The quantitative estimate of drug-likeness (QED) is 0.701. The van der Waals surface area contributed by atoms with Gasteiger partial charge in [0.15, 0.2) is 0 Å². The third kappa shape index (κ3) is 4.58. The molecule has 0 N–H and O–H groups in total. The van der Waals surface area contributed by atoms with Crippen LogP contribution in [0, 0.1) is 17.1 Å². The molecule has 1 atom stereocenters. The highest BCUT2D eigenvalue weighted by Crippen LogP contribution is 2.31. The fraction of sp³-hybridized carbons (Fsp3) is 0.316. The zero-order valence-electron chi connectivity index (χ0n) is 15.1. The molecule has 0 aliphatic carbocycles. The van der Waals surface area contributed by atoms with Crippen LogP contribution in [-0.2, 0) is 16.6 Å². The second kappa shape index (κ2) is 8.26. The summed E-state index contributed by atoms with van der Waals surface area (Å²) in [5.41, 5.74) is 1.64. The van der Waals surface area contributed by atoms with E-state index >= 15 is 0 Å². The molecular formula is C19H18Cl2FN3O2S. The Morgan fingerprint density at radius 1 is 1.25 bits per heavy atom. The molecule has 9 heteroatoms. The summed E-state index contributed by atoms with van der Waals surface area (Å²) in [6.45, 7) is 0.991. The van der Waals surface area contributed by atoms with Gasteiger partial charge in [-0.1, -0.05) is 23.2 Å². The average molecular weight is 442 g/mol. The van der Waals surface area contributed by atoms with Gasteiger partial charge in [0.2, 0.25) is 10.0 Å². The van der Waals surface area contributed by atoms with Gasteiger partial charge in [-0.2, -0.15) is 5.26 Å². The maximum atomic E-state index is 13.7. The van der Waals surface area contributed by atoms with E-state index in [9.17, 15) is 12.8 Å². The van der Waals surface area contributed by atoms with Crippen LogP contribution in [0.25, 0.3) is 0 Å². The van der Waals surface area contributed by atoms with E-state index in [1.54, 1.807) is 18.2 Å². The molecule has 0 unspecified atom stereocenters. The van der Waals surface area contributed by atoms with Crippen molar-refractivity contribution in [1.82, 2.24) is 4.31 Å². The lowest BCUT2D eigenvalue weighted by Crippen LogP contribution is -2.38. The van der Waals surface area contributed by atoms with Crippen LogP contribution in [0.5, 0.6) is 0 Å². The van der Waals surface area contributed by atoms with Crippen LogP contribution < -0.4 is 4.90 Å². The molecule has 28 heavy (non-hydrogen) atoms. The van der Waals surface area contributed by atoms with Crippen molar-refractivity contribution in [3.05, 3.63) is 63.4 Å². The number of halogens is 3. The summed E-state index contributed by atoms with van der Waals surface area (Å²) in [4.78, 5) is 1.96. The van der Waals surface area contributed by atoms with Crippen LogP contribution in [0.3, 0.4) is 0 Å². The molecule has 1 aliphatic heterocycles. The van der Waals surface area contributed by atoms with Crippen molar-refractivity contribution in [1.29, 1.82) is 5.26 Å². The first-order chi connectivity index (χ1) is 13.2. The van der Waals surface area contributed by atoms with Gasteiger partial charge in [-0.25, -0.2) is 17.1 Å². The topological polar surface area (TPSA) is 64.4 Å². The molecule has 1 saturated heterocycles. The Labute approximate surface area is 173 Å². The minimum absolute atomic E-state index is 0.141. The number of hydrogen-bond donors (Lipinski definition) is 0. The van der Waals surface area contributed by atoms with Gasteiger partial charge in [-0.15, -0.1) is 0 Å². The molecule has 0 spiro atoms. The summed E-state index contributed by atoms with van der Waals surface area (Å²) in [5, 5.41) is 9.83. The van der Waals surface area contributed by atoms with Gasteiger partial charge in [0.25, 0.3) is 0 Å². The molecule has 1 aliphatic rings. The van der Waals surface area contributed by atoms with Gasteiger partial charge in [0, 0.05) is 36.4 Å². The number of rotatable bonds is 5. The average Bonchev–Trinajstić information content (AvgIpc) is 3.12. The number of nitrogens with zero attached hydrogens (tertiary/aromatic N) is 3. The first kappa shape index (κ1) is 20.9. The number of sulfonamides is 1. The van der Waals surface area contributed by atoms with Gasteiger partial charge in [-0.05, 0) is 48.4 Å². The van der Waals surface area contributed by atoms with Crippen molar-refractivity contribution in [2.24, 2.45) is 0 Å². The first-order valence-electron chi connectivity index (χ1n) is 8.54. The van der Waals surface area contributed by atoms with Gasteiger partial charge < -0.3 is 4.90 Å². The van der Waals surface area contributed by atoms with E-state index in [4.69, 9.17) is 28.5 Å². The SMILES string of the molecule is CS(=O)(=O)N1CC[C@H](N(Cc2cc(F)ccc2Cl)c2ccc(C#N)c(Cl)c2)C1. The summed E-state index contributed by atoms with van der Waals surface area (Å²) in [6, 6.07) is 11.0. The van der Waals surface area contributed by atoms with Crippen molar-refractivity contribution in [3.63, 3.8) is 0 Å². The maximum absolute atomic E-state index is 13.7. The molecule has 0 saturated carbocycles. The van der Waals surface area contributed by atoms with Crippen molar-refractivity contribution in [2.45, 2.75) is 19.0 Å². The van der Waals surface area contributed by atoms with Gasteiger partial charge in [-0.3, -0.25) is 0 Å². The standard InChI is InChI=1S/C19H18Cl2FN3O2S/c1-28(26,27)24-7-6-17(12-24)25(11-14-8-15(22)3-5-18(14)20)16-4-2-13(10-23)19(21)9-16/h2-5,8-9,17H,6-7,11-12H2,1H3/t17-/m0/s1. The molecule has 1 fully saturated rings. The highest BCUT2D eigenvalue weighted by molar-refractivity contribution is 7.88. The van der Waals surface area contributed by atoms with E-state index in [1.807, 2.05) is 11.0 Å². The van der Waals surface area contributed by atoms with Crippen molar-refractivity contribution < 1.29 is 12.8 Å². The summed E-state index contributed by atoms with van der Waals surface area (Å²) in [6.07, 6.45) is 1.79. The van der Waals surface area contributed by atoms with Gasteiger partial charge >= 0.3 is 0 Å². The van der Waals surface area contributed by atoms with Gasteiger partial charge in [0.05, 0.1) is 16.8 Å². The van der Waals surface area contributed by atoms with E-state index in [-0.39, 0.29) is 12.6 Å². The number of hydrogen-bond acceptors (Lipinski definition) is 4. The Morgan fingerprint density at radius 2 is 2.00 bits per heavy atom. The third-order valence-corrected chi connectivity index (χ3v) is 6.74. The monoisotopic (exact) mass is 441 g/mol. The predicted molar refractivity (Wildman–Crippen MR) is 109 cm³/mol. The second-order valence-corrected chi connectivity index (χ2v) is 9.50. The molecule has 0 amide bonds. The zero-order chi connectivity index (χ0) is 20.5. The number of nitriles is 1. The summed E-state index contributed by atoms with van der Waals surface area (Å²) in [7, 11) is -3.31. The summed E-state index contributed by atoms with van der Waals surface area (Å²) >= 11 is 12.4. The van der Waals surface area contributed by atoms with Gasteiger partial charge in [0.1, 0.15) is 11.9 Å². The van der Waals surface area contributed by atoms with E-state index < -0.39 is 15.8 Å². The Hall–Kier alpha value is -1.85. The minimum Gasteiger partial charge on any atom is -0.363 e. The van der Waals surface area contributed by atoms with Crippen LogP contribution in [-0.4, -0.2) is 38.1 Å². The van der Waals surface area contributed by atoms with E-state index in [0.717, 1.165) is 0 Å². The van der Waals surface area contributed by atoms with Crippen molar-refractivity contribution in [2.75, 3.05) is 24.2 Å². The number of anilines is 1. The molecule has 148 valence electrons. The second-order valence-electron chi connectivity index (χ2n) is 6.70. The Balaban J connectivity index is 1.98. The van der Waals surface area contributed by atoms with Crippen molar-refractivity contribution >= 4 is 38.9 Å². The lowest BCUT2D eigenvalue weighted by atomic mass is 10.1. The summed E-state index contributed by atoms with van der Waals surface area (Å²) in [5.74, 6) is -0.401. The summed E-state index contributed by atoms with van der Waals surface area (Å²) < 4.78 is 39.0. The van der Waals surface area contributed by atoms with Crippen molar-refractivity contribution in [3.8, 4) is 6.07 Å². The fourth-order valence-corrected chi connectivity index (χ4v) is 4.59. The van der Waals surface area contributed by atoms with Crippen LogP contribution in [0.4, 0.5) is 10.1 Å². The lowest BCUT2D eigenvalue weighted by molar-refractivity contribution is 0.473. The van der Waals surface area contributed by atoms with E-state index in [0.29, 0.717) is 46.4 Å². The van der Waals surface area contributed by atoms with E-state index in [1.165, 1.54) is 28.8 Å². The van der Waals surface area contributed by atoms with E-state index in [2.05, 4.69) is 0 Å². The Bertz CT molecular complexity index is 1040.